The average Bonchev–Trinajstić information content (AvgIpc) is 2.68. The fourth-order valence-corrected chi connectivity index (χ4v) is 3.71. The first-order valence-electron chi connectivity index (χ1n) is 9.04. The van der Waals surface area contributed by atoms with Gasteiger partial charge in [0, 0.05) is 41.8 Å². The van der Waals surface area contributed by atoms with Crippen molar-refractivity contribution in [2.75, 3.05) is 26.0 Å². The van der Waals surface area contributed by atoms with Gasteiger partial charge in [0.05, 0.1) is 6.04 Å². The normalized spacial score (nSPS) is 17.3. The fraction of sp³-hybridized carbons (Fsp3) is 0.381. The maximum Gasteiger partial charge on any atom is 0.136 e. The lowest BCUT2D eigenvalue weighted by Crippen LogP contribution is -2.31. The standard InChI is InChI=1S/C17H18Cl2N2.C4H9NO/c1-20-13-5-3-4-11(6-13)15-9-21(2)10-16-14(15)7-12(18)8-17(16)19;1-2-4(5)3-6/h3-8,15,20H,9-10H2,1-2H3;3-4H,2,5H2,1H3/t;4-/m.0/s1. The summed E-state index contributed by atoms with van der Waals surface area (Å²) < 4.78 is 0. The highest BCUT2D eigenvalue weighted by atomic mass is 35.5. The molecule has 0 bridgehead atoms. The number of carbonyl (C=O) groups excluding carboxylic acids is 1. The van der Waals surface area contributed by atoms with Gasteiger partial charge < -0.3 is 20.7 Å². The topological polar surface area (TPSA) is 58.4 Å². The van der Waals surface area contributed by atoms with Gasteiger partial charge >= 0.3 is 0 Å². The van der Waals surface area contributed by atoms with Gasteiger partial charge in [0.1, 0.15) is 6.29 Å². The molecule has 146 valence electrons. The maximum absolute atomic E-state index is 9.61. The summed E-state index contributed by atoms with van der Waals surface area (Å²) in [6, 6.07) is 12.2. The molecule has 3 rings (SSSR count). The van der Waals surface area contributed by atoms with Crippen molar-refractivity contribution >= 4 is 35.2 Å². The van der Waals surface area contributed by atoms with E-state index in [0.717, 1.165) is 36.5 Å². The lowest BCUT2D eigenvalue weighted by atomic mass is 9.84. The third kappa shape index (κ3) is 5.69. The number of halogens is 2. The van der Waals surface area contributed by atoms with Crippen LogP contribution in [0.15, 0.2) is 36.4 Å². The predicted octanol–water partition coefficient (Wildman–Crippen LogP) is 4.54. The number of nitrogens with zero attached hydrogens (tertiary/aromatic N) is 1. The highest BCUT2D eigenvalue weighted by Gasteiger charge is 2.27. The third-order valence-electron chi connectivity index (χ3n) is 4.72. The molecule has 0 saturated heterocycles. The number of hydrogen-bond donors (Lipinski definition) is 2. The molecule has 6 heteroatoms. The molecule has 0 fully saturated rings. The Kier molecular flexibility index (Phi) is 8.11. The molecule has 0 aromatic heterocycles. The van der Waals surface area contributed by atoms with Gasteiger partial charge in [-0.25, -0.2) is 0 Å². The van der Waals surface area contributed by atoms with Crippen LogP contribution in [0.3, 0.4) is 0 Å². The zero-order chi connectivity index (χ0) is 20.0. The van der Waals surface area contributed by atoms with Crippen molar-refractivity contribution in [1.82, 2.24) is 4.90 Å². The van der Waals surface area contributed by atoms with Gasteiger partial charge in [0.15, 0.2) is 0 Å². The Morgan fingerprint density at radius 1 is 1.33 bits per heavy atom. The first kappa shape index (κ1) is 21.7. The SMILES string of the molecule is CC[C@H](N)C=O.CNc1cccc(C2CN(C)Cc3c(Cl)cc(Cl)cc32)c1. The van der Waals surface area contributed by atoms with Crippen LogP contribution >= 0.6 is 23.2 Å². The second-order valence-electron chi connectivity index (χ2n) is 6.79. The van der Waals surface area contributed by atoms with Crippen LogP contribution in [0.2, 0.25) is 10.0 Å². The van der Waals surface area contributed by atoms with Crippen LogP contribution in [0.5, 0.6) is 0 Å². The first-order chi connectivity index (χ1) is 12.9. The number of rotatable bonds is 4. The molecule has 1 heterocycles. The van der Waals surface area contributed by atoms with Gasteiger partial charge in [0.2, 0.25) is 0 Å². The minimum absolute atomic E-state index is 0.245. The molecular weight excluding hydrogens is 381 g/mol. The number of likely N-dealkylation sites (N-methyl/N-ethyl adjacent to an activating group) is 1. The Morgan fingerprint density at radius 2 is 2.07 bits per heavy atom. The van der Waals surface area contributed by atoms with Crippen molar-refractivity contribution in [3.8, 4) is 0 Å². The molecule has 1 aliphatic heterocycles. The van der Waals surface area contributed by atoms with Crippen LogP contribution < -0.4 is 11.1 Å². The quantitative estimate of drug-likeness (QED) is 0.730. The van der Waals surface area contributed by atoms with Crippen molar-refractivity contribution in [3.05, 3.63) is 63.1 Å². The zero-order valence-electron chi connectivity index (χ0n) is 16.0. The van der Waals surface area contributed by atoms with Crippen LogP contribution in [-0.4, -0.2) is 37.9 Å². The monoisotopic (exact) mass is 407 g/mol. The van der Waals surface area contributed by atoms with Crippen LogP contribution in [0.1, 0.15) is 36.0 Å². The van der Waals surface area contributed by atoms with Gasteiger partial charge in [-0.15, -0.1) is 0 Å². The van der Waals surface area contributed by atoms with E-state index in [4.69, 9.17) is 28.9 Å². The van der Waals surface area contributed by atoms with E-state index >= 15 is 0 Å². The van der Waals surface area contributed by atoms with E-state index in [-0.39, 0.29) is 6.04 Å². The van der Waals surface area contributed by atoms with Crippen molar-refractivity contribution in [1.29, 1.82) is 0 Å². The van der Waals surface area contributed by atoms with E-state index in [9.17, 15) is 4.79 Å². The molecule has 1 aliphatic rings. The van der Waals surface area contributed by atoms with Crippen molar-refractivity contribution in [2.24, 2.45) is 5.73 Å². The number of carbonyl (C=O) groups is 1. The van der Waals surface area contributed by atoms with Crippen molar-refractivity contribution < 1.29 is 4.79 Å². The number of nitrogens with two attached hydrogens (primary N) is 1. The molecule has 0 spiro atoms. The summed E-state index contributed by atoms with van der Waals surface area (Å²) in [6.07, 6.45) is 1.49. The Morgan fingerprint density at radius 3 is 2.67 bits per heavy atom. The van der Waals surface area contributed by atoms with Crippen LogP contribution in [0, 0.1) is 0 Å². The Balaban J connectivity index is 0.000000380. The number of anilines is 1. The summed E-state index contributed by atoms with van der Waals surface area (Å²) in [5, 5.41) is 4.67. The number of benzene rings is 2. The Bertz CT molecular complexity index is 782. The van der Waals surface area contributed by atoms with Crippen molar-refractivity contribution in [2.45, 2.75) is 31.8 Å². The van der Waals surface area contributed by atoms with Gasteiger partial charge in [0.25, 0.3) is 0 Å². The number of aldehydes is 1. The highest BCUT2D eigenvalue weighted by molar-refractivity contribution is 6.35. The van der Waals surface area contributed by atoms with E-state index < -0.39 is 0 Å². The van der Waals surface area contributed by atoms with E-state index in [0.29, 0.717) is 10.9 Å². The molecule has 2 aromatic carbocycles. The summed E-state index contributed by atoms with van der Waals surface area (Å²) in [7, 11) is 4.07. The third-order valence-corrected chi connectivity index (χ3v) is 5.27. The lowest BCUT2D eigenvalue weighted by Gasteiger charge is -2.33. The highest BCUT2D eigenvalue weighted by Crippen LogP contribution is 2.38. The minimum Gasteiger partial charge on any atom is -0.388 e. The zero-order valence-corrected chi connectivity index (χ0v) is 17.5. The first-order valence-corrected chi connectivity index (χ1v) is 9.80. The minimum atomic E-state index is -0.245. The lowest BCUT2D eigenvalue weighted by molar-refractivity contribution is -0.108. The molecule has 4 nitrogen and oxygen atoms in total. The molecule has 0 aliphatic carbocycles. The van der Waals surface area contributed by atoms with Gasteiger partial charge in [-0.2, -0.15) is 0 Å². The van der Waals surface area contributed by atoms with Crippen LogP contribution in [0.25, 0.3) is 0 Å². The summed E-state index contributed by atoms with van der Waals surface area (Å²) in [5.41, 5.74) is 9.95. The second kappa shape index (κ2) is 10.1. The molecular formula is C21H27Cl2N3O. The summed E-state index contributed by atoms with van der Waals surface area (Å²) >= 11 is 12.6. The van der Waals surface area contributed by atoms with E-state index in [1.54, 1.807) is 0 Å². The van der Waals surface area contributed by atoms with Crippen molar-refractivity contribution in [3.63, 3.8) is 0 Å². The summed E-state index contributed by atoms with van der Waals surface area (Å²) in [6.45, 7) is 3.71. The molecule has 2 atom stereocenters. The Labute approximate surface area is 171 Å². The summed E-state index contributed by atoms with van der Waals surface area (Å²) in [4.78, 5) is 11.9. The van der Waals surface area contributed by atoms with E-state index in [2.05, 4.69) is 47.6 Å². The Hall–Kier alpha value is -1.59. The smallest absolute Gasteiger partial charge is 0.136 e. The van der Waals surface area contributed by atoms with Gasteiger partial charge in [-0.3, -0.25) is 0 Å². The molecule has 0 amide bonds. The summed E-state index contributed by atoms with van der Waals surface area (Å²) in [5.74, 6) is 0.295. The fourth-order valence-electron chi connectivity index (χ4n) is 3.14. The van der Waals surface area contributed by atoms with E-state index in [1.165, 1.54) is 16.7 Å². The molecule has 27 heavy (non-hydrogen) atoms. The predicted molar refractivity (Wildman–Crippen MR) is 115 cm³/mol. The molecule has 1 unspecified atom stereocenters. The maximum atomic E-state index is 9.61. The largest absolute Gasteiger partial charge is 0.388 e. The average molecular weight is 408 g/mol. The molecule has 2 aromatic rings. The van der Waals surface area contributed by atoms with Crippen LogP contribution in [-0.2, 0) is 11.3 Å². The number of nitrogens with one attached hydrogen (secondary N) is 1. The number of fused-ring (bicyclic) bond motifs is 1. The van der Waals surface area contributed by atoms with E-state index in [1.807, 2.05) is 20.0 Å². The molecule has 0 radical (unpaired) electrons. The second-order valence-corrected chi connectivity index (χ2v) is 7.63. The van der Waals surface area contributed by atoms with Gasteiger partial charge in [-0.05, 0) is 54.4 Å². The van der Waals surface area contributed by atoms with Gasteiger partial charge in [-0.1, -0.05) is 42.3 Å². The molecule has 0 saturated carbocycles. The molecule has 3 N–H and O–H groups in total. The number of hydrogen-bond acceptors (Lipinski definition) is 4. The van der Waals surface area contributed by atoms with Crippen LogP contribution in [0.4, 0.5) is 5.69 Å².